The van der Waals surface area contributed by atoms with E-state index in [-0.39, 0.29) is 6.10 Å². The molecular formula is C85H122FN23O. The summed E-state index contributed by atoms with van der Waals surface area (Å²) >= 11 is 0. The molecule has 1 aliphatic carbocycles. The van der Waals surface area contributed by atoms with Gasteiger partial charge in [-0.15, -0.1) is 0 Å². The fraction of sp³-hybridized carbons (Fsp3) is 0.518. The molecular weight excluding hydrogens is 1380 g/mol. The number of alkyl halides is 1. The SMILES string of the molecule is CC(C)Nc1ccnc2c(C(C)C)cnn12.CC(C)c1cnn2c(C(C)F)cc(C3CC3)nc12.CCNc1cc(C)nc2c(C(C)C)cnn12.CCNc1ccnc2c(C(C)C)cnn12.Cc1cc(N2CCCC2)n2ncc(C(C)C)c2n1.Cc1ccnc2c(C(C)C)cnn12.Cc1nc(C(C)C)ccc1OC(C)C. The van der Waals surface area contributed by atoms with Gasteiger partial charge in [0.15, 0.2) is 33.9 Å². The number of hydrogen-bond acceptors (Lipinski definition) is 18. The quantitative estimate of drug-likeness (QED) is 0.0723. The van der Waals surface area contributed by atoms with E-state index in [4.69, 9.17) is 9.72 Å². The van der Waals surface area contributed by atoms with Crippen molar-refractivity contribution >= 4 is 57.2 Å². The van der Waals surface area contributed by atoms with Crippen LogP contribution in [0.5, 0.6) is 5.75 Å². The summed E-state index contributed by atoms with van der Waals surface area (Å²) in [7, 11) is 0. The molecule has 1 atom stereocenters. The van der Waals surface area contributed by atoms with Crippen molar-refractivity contribution in [2.45, 2.75) is 264 Å². The molecule has 3 N–H and O–H groups in total. The molecule has 1 saturated carbocycles. The number of halogens is 1. The molecule has 0 spiro atoms. The number of fused-ring (bicyclic) bond motifs is 6. The predicted octanol–water partition coefficient (Wildman–Crippen LogP) is 19.5. The zero-order valence-electron chi connectivity index (χ0n) is 70.1. The van der Waals surface area contributed by atoms with Crippen LogP contribution in [0, 0.1) is 27.7 Å². The van der Waals surface area contributed by atoms with E-state index in [9.17, 15) is 4.39 Å². The Morgan fingerprint density at radius 2 is 0.855 bits per heavy atom. The van der Waals surface area contributed by atoms with E-state index in [0.717, 1.165) is 123 Å². The van der Waals surface area contributed by atoms with Gasteiger partial charge in [-0.05, 0) is 180 Å². The third-order valence-electron chi connectivity index (χ3n) is 19.0. The van der Waals surface area contributed by atoms with Crippen LogP contribution in [0.2, 0.25) is 0 Å². The molecule has 110 heavy (non-hydrogen) atoms. The summed E-state index contributed by atoms with van der Waals surface area (Å²) < 4.78 is 30.5. The van der Waals surface area contributed by atoms with Crippen LogP contribution < -0.4 is 25.6 Å². The number of aryl methyl sites for hydroxylation is 4. The number of nitrogens with one attached hydrogen (secondary N) is 3. The molecule has 1 saturated heterocycles. The maximum Gasteiger partial charge on any atom is 0.161 e. The Kier molecular flexibility index (Phi) is 28.9. The summed E-state index contributed by atoms with van der Waals surface area (Å²) in [5.41, 5.74) is 19.8. The average molecular weight is 1500 g/mol. The zero-order valence-corrected chi connectivity index (χ0v) is 70.1. The lowest BCUT2D eigenvalue weighted by Crippen LogP contribution is -2.21. The summed E-state index contributed by atoms with van der Waals surface area (Å²) in [4.78, 5) is 33.9. The third-order valence-corrected chi connectivity index (χ3v) is 19.0. The normalized spacial score (nSPS) is 13.1. The van der Waals surface area contributed by atoms with Gasteiger partial charge in [0.2, 0.25) is 0 Å². The largest absolute Gasteiger partial charge is 0.489 e. The number of pyridine rings is 1. The number of rotatable bonds is 18. The topological polar surface area (TPSA) is 243 Å². The van der Waals surface area contributed by atoms with Gasteiger partial charge in [-0.2, -0.15) is 48.7 Å². The highest BCUT2D eigenvalue weighted by molar-refractivity contribution is 5.59. The molecule has 13 aromatic heterocycles. The van der Waals surface area contributed by atoms with Crippen molar-refractivity contribution < 1.29 is 9.13 Å². The first-order chi connectivity index (χ1) is 52.4. The maximum absolute atomic E-state index is 13.7. The highest BCUT2D eigenvalue weighted by Gasteiger charge is 2.29. The Morgan fingerprint density at radius 1 is 0.436 bits per heavy atom. The minimum atomic E-state index is -1.02. The lowest BCUT2D eigenvalue weighted by molar-refractivity contribution is 0.239. The van der Waals surface area contributed by atoms with E-state index in [1.165, 1.54) is 59.3 Å². The van der Waals surface area contributed by atoms with Gasteiger partial charge in [-0.25, -0.2) is 43.3 Å². The van der Waals surface area contributed by atoms with Crippen LogP contribution in [0.15, 0.2) is 104 Å². The summed E-state index contributed by atoms with van der Waals surface area (Å²) in [6, 6.07) is 16.3. The second kappa shape index (κ2) is 38.0. The van der Waals surface area contributed by atoms with Crippen LogP contribution >= 0.6 is 0 Å². The van der Waals surface area contributed by atoms with Crippen LogP contribution in [-0.2, 0) is 0 Å². The van der Waals surface area contributed by atoms with Crippen molar-refractivity contribution in [2.24, 2.45) is 0 Å². The molecule has 590 valence electrons. The Bertz CT molecular complexity index is 5090. The zero-order chi connectivity index (χ0) is 79.9. The van der Waals surface area contributed by atoms with E-state index in [0.29, 0.717) is 59.1 Å². The molecule has 25 heteroatoms. The van der Waals surface area contributed by atoms with Crippen LogP contribution in [0.4, 0.5) is 27.7 Å². The Morgan fingerprint density at radius 3 is 1.32 bits per heavy atom. The Labute approximate surface area is 650 Å². The van der Waals surface area contributed by atoms with Crippen molar-refractivity contribution in [1.29, 1.82) is 0 Å². The molecule has 13 aromatic rings. The minimum absolute atomic E-state index is 0.209. The second-order valence-corrected chi connectivity index (χ2v) is 31.4. The molecule has 15 rings (SSSR count). The van der Waals surface area contributed by atoms with Crippen molar-refractivity contribution in [3.63, 3.8) is 0 Å². The van der Waals surface area contributed by atoms with E-state index >= 15 is 0 Å². The average Bonchev–Trinajstić information content (AvgIpc) is 1.63. The van der Waals surface area contributed by atoms with Gasteiger partial charge in [0, 0.05) is 131 Å². The lowest BCUT2D eigenvalue weighted by atomic mass is 10.1. The Balaban J connectivity index is 0.000000148. The maximum atomic E-state index is 13.7. The van der Waals surface area contributed by atoms with E-state index in [1.54, 1.807) is 11.4 Å². The number of anilines is 4. The van der Waals surface area contributed by atoms with Gasteiger partial charge < -0.3 is 25.6 Å². The molecule has 24 nitrogen and oxygen atoms in total. The molecule has 1 aliphatic heterocycles. The van der Waals surface area contributed by atoms with Crippen molar-refractivity contribution in [2.75, 3.05) is 47.0 Å². The van der Waals surface area contributed by atoms with Crippen molar-refractivity contribution in [3.8, 4) is 5.75 Å². The van der Waals surface area contributed by atoms with E-state index in [1.807, 2.05) is 155 Å². The van der Waals surface area contributed by atoms with Crippen LogP contribution in [0.1, 0.15) is 298 Å². The Hall–Kier alpha value is -10.2. The summed E-state index contributed by atoms with van der Waals surface area (Å²) in [6.45, 7) is 56.2. The second-order valence-electron chi connectivity index (χ2n) is 31.4. The highest BCUT2D eigenvalue weighted by atomic mass is 19.1. The third kappa shape index (κ3) is 20.6. The smallest absolute Gasteiger partial charge is 0.161 e. The van der Waals surface area contributed by atoms with Gasteiger partial charge in [0.25, 0.3) is 0 Å². The first-order valence-corrected chi connectivity index (χ1v) is 39.7. The van der Waals surface area contributed by atoms with Gasteiger partial charge in [0.1, 0.15) is 35.2 Å². The first-order valence-electron chi connectivity index (χ1n) is 39.7. The number of ether oxygens (including phenoxy) is 1. The van der Waals surface area contributed by atoms with E-state index < -0.39 is 6.17 Å². The van der Waals surface area contributed by atoms with Gasteiger partial charge in [0.05, 0.1) is 54.7 Å². The number of nitrogens with zero attached hydrogens (tertiary/aromatic N) is 20. The molecule has 2 aliphatic rings. The van der Waals surface area contributed by atoms with Crippen molar-refractivity contribution in [1.82, 2.24) is 92.6 Å². The molecule has 0 amide bonds. The molecule has 14 heterocycles. The molecule has 0 aromatic carbocycles. The number of hydrogen-bond donors (Lipinski definition) is 3. The highest BCUT2D eigenvalue weighted by Crippen LogP contribution is 2.41. The summed E-state index contributed by atoms with van der Waals surface area (Å²) in [5, 5.41) is 36.2. The van der Waals surface area contributed by atoms with Gasteiger partial charge in [-0.1, -0.05) is 96.9 Å². The molecule has 0 radical (unpaired) electrons. The first kappa shape index (κ1) is 83.8. The predicted molar refractivity (Wildman–Crippen MR) is 446 cm³/mol. The summed E-state index contributed by atoms with van der Waals surface area (Å²) in [5.74, 6) is 8.73. The van der Waals surface area contributed by atoms with Crippen LogP contribution in [0.25, 0.3) is 33.9 Å². The van der Waals surface area contributed by atoms with Crippen LogP contribution in [0.3, 0.4) is 0 Å². The lowest BCUT2D eigenvalue weighted by Gasteiger charge is -2.19. The van der Waals surface area contributed by atoms with Gasteiger partial charge >= 0.3 is 0 Å². The van der Waals surface area contributed by atoms with Crippen molar-refractivity contribution in [3.05, 3.63) is 178 Å². The molecule has 1 unspecified atom stereocenters. The standard InChI is InChI=1S/C14H18FN3.C14H20N4.2C12H18N4.C12H19NO.C11H16N4.C10H13N3/c1-8(2)11-7-16-18-13(9(3)15)6-12(10-4-5-10)17-14(11)18;1-10(2)12-9-15-18-13(17-6-4-5-7-17)8-11(3)16-14(12)18;1-8(2)10-7-14-16-11(15-9(3)4)5-6-13-12(10)16;1-5-13-11-6-9(4)15-12-10(8(2)3)7-14-16(11)12;1-8(2)11-6-7-12(10(5)13-11)14-9(3)4;1-4-12-10-5-6-13-11-9(8(2)3)7-14-15(10)11;1-7(2)9-6-12-13-8(3)4-5-11-10(9)13/h6-10H,4-5H2,1-3H3;8-10H,4-7H2,1-3H3;5-9,15H,1-4H3;6-8,13H,5H2,1-4H3;6-9H,1-5H3;5-8,12H,4H2,1-3H3;4-7H,1-3H3. The summed E-state index contributed by atoms with van der Waals surface area (Å²) in [6.07, 6.45) is 21.0. The number of aromatic nitrogens is 19. The monoisotopic (exact) mass is 1500 g/mol. The fourth-order valence-electron chi connectivity index (χ4n) is 12.8. The van der Waals surface area contributed by atoms with E-state index in [2.05, 4.69) is 219 Å². The van der Waals surface area contributed by atoms with Gasteiger partial charge in [-0.3, -0.25) is 4.98 Å². The fourth-order valence-corrected chi connectivity index (χ4v) is 12.8. The molecule has 2 fully saturated rings. The molecule has 0 bridgehead atoms. The van der Waals surface area contributed by atoms with Crippen LogP contribution in [-0.4, -0.2) is 131 Å². The minimum Gasteiger partial charge on any atom is -0.489 e.